The van der Waals surface area contributed by atoms with E-state index in [0.29, 0.717) is 0 Å². The van der Waals surface area contributed by atoms with Gasteiger partial charge < -0.3 is 14.6 Å². The van der Waals surface area contributed by atoms with Crippen molar-refractivity contribution in [2.75, 3.05) is 12.4 Å². The first kappa shape index (κ1) is 12.4. The zero-order valence-electron chi connectivity index (χ0n) is 11.1. The van der Waals surface area contributed by atoms with E-state index in [-0.39, 0.29) is 11.2 Å². The van der Waals surface area contributed by atoms with Gasteiger partial charge in [0.25, 0.3) is 0 Å². The van der Waals surface area contributed by atoms with Crippen molar-refractivity contribution >= 4 is 18.5 Å². The highest BCUT2D eigenvalue weighted by atomic mass is 16.7. The van der Waals surface area contributed by atoms with E-state index in [9.17, 15) is 0 Å². The van der Waals surface area contributed by atoms with Gasteiger partial charge in [0.1, 0.15) is 5.82 Å². The summed E-state index contributed by atoms with van der Waals surface area (Å²) in [5.74, 6) is 0.817. The lowest BCUT2D eigenvalue weighted by atomic mass is 9.84. The van der Waals surface area contributed by atoms with Crippen LogP contribution in [-0.2, 0) is 9.31 Å². The Morgan fingerprint density at radius 2 is 1.71 bits per heavy atom. The molecule has 0 aromatic carbocycles. The van der Waals surface area contributed by atoms with Crippen molar-refractivity contribution < 1.29 is 9.31 Å². The molecule has 0 aliphatic carbocycles. The summed E-state index contributed by atoms with van der Waals surface area (Å²) in [5.41, 5.74) is 0.153. The number of hydrogen-bond acceptors (Lipinski definition) is 4. The molecule has 1 aromatic heterocycles. The third-order valence-corrected chi connectivity index (χ3v) is 3.52. The SMILES string of the molecule is CNc1cccc(B2OC(C)(C)C(C)(C)O2)n1. The lowest BCUT2D eigenvalue weighted by molar-refractivity contribution is 0.00578. The minimum Gasteiger partial charge on any atom is -0.398 e. The Kier molecular flexibility index (Phi) is 2.91. The summed E-state index contributed by atoms with van der Waals surface area (Å²) in [4.78, 5) is 4.44. The molecule has 1 aliphatic heterocycles. The van der Waals surface area contributed by atoms with Crippen LogP contribution in [0.1, 0.15) is 27.7 Å². The molecule has 0 amide bonds. The minimum atomic E-state index is -0.395. The lowest BCUT2D eigenvalue weighted by Crippen LogP contribution is -2.41. The van der Waals surface area contributed by atoms with E-state index in [4.69, 9.17) is 9.31 Å². The number of aromatic nitrogens is 1. The number of hydrogen-bond donors (Lipinski definition) is 1. The Balaban J connectivity index is 2.25. The van der Waals surface area contributed by atoms with Crippen molar-refractivity contribution in [1.29, 1.82) is 0 Å². The quantitative estimate of drug-likeness (QED) is 0.786. The molecule has 0 atom stereocenters. The summed E-state index contributed by atoms with van der Waals surface area (Å²) in [6, 6.07) is 5.77. The smallest absolute Gasteiger partial charge is 0.398 e. The summed E-state index contributed by atoms with van der Waals surface area (Å²) in [7, 11) is 1.45. The number of pyridine rings is 1. The second kappa shape index (κ2) is 4.00. The predicted octanol–water partition coefficient (Wildman–Crippen LogP) is 1.42. The Hall–Kier alpha value is -1.07. The molecule has 2 rings (SSSR count). The van der Waals surface area contributed by atoms with Crippen LogP contribution in [-0.4, -0.2) is 30.4 Å². The van der Waals surface area contributed by atoms with E-state index < -0.39 is 7.12 Å². The fourth-order valence-electron chi connectivity index (χ4n) is 1.69. The molecule has 92 valence electrons. The Morgan fingerprint density at radius 3 is 2.24 bits per heavy atom. The first-order valence-electron chi connectivity index (χ1n) is 5.86. The van der Waals surface area contributed by atoms with Crippen molar-refractivity contribution in [3.8, 4) is 0 Å². The van der Waals surface area contributed by atoms with Crippen LogP contribution >= 0.6 is 0 Å². The van der Waals surface area contributed by atoms with Gasteiger partial charge in [-0.2, -0.15) is 0 Å². The van der Waals surface area contributed by atoms with Crippen LogP contribution < -0.4 is 10.9 Å². The molecule has 17 heavy (non-hydrogen) atoms. The molecule has 1 N–H and O–H groups in total. The molecule has 0 bridgehead atoms. The Bertz CT molecular complexity index is 405. The zero-order chi connectivity index (χ0) is 12.7. The van der Waals surface area contributed by atoms with Crippen molar-refractivity contribution in [2.45, 2.75) is 38.9 Å². The first-order valence-corrected chi connectivity index (χ1v) is 5.86. The van der Waals surface area contributed by atoms with E-state index in [1.54, 1.807) is 0 Å². The van der Waals surface area contributed by atoms with E-state index in [1.165, 1.54) is 0 Å². The van der Waals surface area contributed by atoms with Gasteiger partial charge in [-0.1, -0.05) is 6.07 Å². The Labute approximate surface area is 103 Å². The van der Waals surface area contributed by atoms with Gasteiger partial charge in [0.05, 0.1) is 16.8 Å². The molecular formula is C12H19BN2O2. The van der Waals surface area contributed by atoms with Crippen molar-refractivity contribution in [1.82, 2.24) is 4.98 Å². The van der Waals surface area contributed by atoms with Crippen LogP contribution in [0.4, 0.5) is 5.82 Å². The molecule has 1 saturated heterocycles. The van der Waals surface area contributed by atoms with Gasteiger partial charge >= 0.3 is 7.12 Å². The van der Waals surface area contributed by atoms with Crippen LogP contribution in [0.3, 0.4) is 0 Å². The second-order valence-corrected chi connectivity index (χ2v) is 5.29. The average molecular weight is 234 g/mol. The van der Waals surface area contributed by atoms with Gasteiger partial charge in [0.2, 0.25) is 0 Å². The summed E-state index contributed by atoms with van der Waals surface area (Å²) < 4.78 is 11.9. The summed E-state index contributed by atoms with van der Waals surface area (Å²) >= 11 is 0. The highest BCUT2D eigenvalue weighted by Gasteiger charge is 2.52. The molecule has 0 radical (unpaired) electrons. The molecule has 1 fully saturated rings. The fraction of sp³-hybridized carbons (Fsp3) is 0.583. The van der Waals surface area contributed by atoms with Gasteiger partial charge in [-0.25, -0.2) is 4.98 Å². The third kappa shape index (κ3) is 2.17. The van der Waals surface area contributed by atoms with Crippen molar-refractivity contribution in [3.63, 3.8) is 0 Å². The second-order valence-electron chi connectivity index (χ2n) is 5.29. The van der Waals surface area contributed by atoms with Gasteiger partial charge in [-0.05, 0) is 39.8 Å². The largest absolute Gasteiger partial charge is 0.514 e. The molecule has 1 aromatic rings. The zero-order valence-corrected chi connectivity index (χ0v) is 11.1. The van der Waals surface area contributed by atoms with Crippen LogP contribution in [0.2, 0.25) is 0 Å². The number of anilines is 1. The van der Waals surface area contributed by atoms with Crippen LogP contribution in [0.15, 0.2) is 18.2 Å². The molecule has 1 aliphatic rings. The fourth-order valence-corrected chi connectivity index (χ4v) is 1.69. The standard InChI is InChI=1S/C12H19BN2O2/c1-11(2)12(3,4)17-13(16-11)9-7-6-8-10(14-5)15-9/h6-8H,1-5H3,(H,14,15). The third-order valence-electron chi connectivity index (χ3n) is 3.52. The van der Waals surface area contributed by atoms with E-state index in [2.05, 4.69) is 10.3 Å². The van der Waals surface area contributed by atoms with E-state index in [1.807, 2.05) is 52.9 Å². The topological polar surface area (TPSA) is 43.4 Å². The van der Waals surface area contributed by atoms with Gasteiger partial charge in [-0.15, -0.1) is 0 Å². The first-order chi connectivity index (χ1) is 7.86. The summed E-state index contributed by atoms with van der Waals surface area (Å²) in [5, 5.41) is 3.01. The molecule has 2 heterocycles. The molecule has 0 spiro atoms. The maximum absolute atomic E-state index is 5.94. The maximum atomic E-state index is 5.94. The minimum absolute atomic E-state index is 0.324. The van der Waals surface area contributed by atoms with Crippen LogP contribution in [0.5, 0.6) is 0 Å². The predicted molar refractivity (Wildman–Crippen MR) is 69.5 cm³/mol. The number of rotatable bonds is 2. The van der Waals surface area contributed by atoms with Gasteiger partial charge in [0.15, 0.2) is 0 Å². The molecule has 4 nitrogen and oxygen atoms in total. The van der Waals surface area contributed by atoms with Crippen LogP contribution in [0, 0.1) is 0 Å². The highest BCUT2D eigenvalue weighted by Crippen LogP contribution is 2.36. The van der Waals surface area contributed by atoms with Crippen molar-refractivity contribution in [2.24, 2.45) is 0 Å². The highest BCUT2D eigenvalue weighted by molar-refractivity contribution is 6.61. The summed E-state index contributed by atoms with van der Waals surface area (Å²) in [6.45, 7) is 8.15. The number of nitrogens with zero attached hydrogens (tertiary/aromatic N) is 1. The van der Waals surface area contributed by atoms with Gasteiger partial charge in [-0.3, -0.25) is 0 Å². The van der Waals surface area contributed by atoms with Crippen molar-refractivity contribution in [3.05, 3.63) is 18.2 Å². The summed E-state index contributed by atoms with van der Waals surface area (Å²) in [6.07, 6.45) is 0. The van der Waals surface area contributed by atoms with Crippen LogP contribution in [0.25, 0.3) is 0 Å². The Morgan fingerprint density at radius 1 is 1.12 bits per heavy atom. The van der Waals surface area contributed by atoms with E-state index >= 15 is 0 Å². The molecule has 0 saturated carbocycles. The monoisotopic (exact) mass is 234 g/mol. The maximum Gasteiger partial charge on any atom is 0.514 e. The molecule has 5 heteroatoms. The average Bonchev–Trinajstić information content (AvgIpc) is 2.48. The lowest BCUT2D eigenvalue weighted by Gasteiger charge is -2.32. The number of nitrogens with one attached hydrogen (secondary N) is 1. The van der Waals surface area contributed by atoms with E-state index in [0.717, 1.165) is 11.4 Å². The molecular weight excluding hydrogens is 215 g/mol. The molecule has 0 unspecified atom stereocenters. The normalized spacial score (nSPS) is 21.6. The van der Waals surface area contributed by atoms with Gasteiger partial charge in [0, 0.05) is 7.05 Å².